The zero-order chi connectivity index (χ0) is 20.2. The number of nitrogens with zero attached hydrogens (tertiary/aromatic N) is 1. The predicted molar refractivity (Wildman–Crippen MR) is 96.5 cm³/mol. The number of nitrogens with one attached hydrogen (secondary N) is 2. The van der Waals surface area contributed by atoms with Gasteiger partial charge in [-0.25, -0.2) is 13.2 Å². The van der Waals surface area contributed by atoms with Crippen LogP contribution in [0.1, 0.15) is 50.0 Å². The minimum Gasteiger partial charge on any atom is -0.480 e. The molecule has 0 bridgehead atoms. The third-order valence-electron chi connectivity index (χ3n) is 4.72. The molecule has 1 atom stereocenters. The summed E-state index contributed by atoms with van der Waals surface area (Å²) in [6.07, 6.45) is 4.04. The van der Waals surface area contributed by atoms with Crippen LogP contribution in [0.2, 0.25) is 0 Å². The van der Waals surface area contributed by atoms with Gasteiger partial charge in [0.25, 0.3) is 0 Å². The minimum absolute atomic E-state index is 0.0944. The Balaban J connectivity index is 2.28. The van der Waals surface area contributed by atoms with Gasteiger partial charge in [-0.2, -0.15) is 4.72 Å². The molecule has 1 heterocycles. The van der Waals surface area contributed by atoms with Crippen LogP contribution in [0.5, 0.6) is 0 Å². The average Bonchev–Trinajstić information content (AvgIpc) is 3.18. The summed E-state index contributed by atoms with van der Waals surface area (Å²) < 4.78 is 33.2. The number of hydrogen-bond acceptors (Lipinski definition) is 6. The van der Waals surface area contributed by atoms with Crippen LogP contribution in [0.4, 0.5) is 0 Å². The van der Waals surface area contributed by atoms with Crippen LogP contribution in [0, 0.1) is 13.8 Å². The lowest BCUT2D eigenvalue weighted by molar-refractivity contribution is -0.143. The second kappa shape index (κ2) is 8.22. The van der Waals surface area contributed by atoms with Gasteiger partial charge in [-0.15, -0.1) is 6.58 Å². The number of carbonyl (C=O) groups is 2. The second-order valence-electron chi connectivity index (χ2n) is 6.78. The van der Waals surface area contributed by atoms with E-state index < -0.39 is 33.5 Å². The number of hydrogen-bond donors (Lipinski definition) is 3. The van der Waals surface area contributed by atoms with Gasteiger partial charge in [-0.05, 0) is 39.5 Å². The Morgan fingerprint density at radius 1 is 1.37 bits per heavy atom. The number of carbonyl (C=O) groups excluding carboxylic acids is 1. The van der Waals surface area contributed by atoms with Crippen LogP contribution in [0.25, 0.3) is 0 Å². The molecule has 1 aromatic rings. The monoisotopic (exact) mass is 399 g/mol. The summed E-state index contributed by atoms with van der Waals surface area (Å²) in [7, 11) is -4.07. The zero-order valence-electron chi connectivity index (χ0n) is 15.4. The Labute approximate surface area is 158 Å². The lowest BCUT2D eigenvalue weighted by atomic mass is 9.97. The van der Waals surface area contributed by atoms with E-state index in [0.29, 0.717) is 19.3 Å². The quantitative estimate of drug-likeness (QED) is 0.534. The Kier molecular flexibility index (Phi) is 6.42. The highest BCUT2D eigenvalue weighted by Crippen LogP contribution is 2.33. The third kappa shape index (κ3) is 4.56. The first-order valence-electron chi connectivity index (χ1n) is 8.74. The summed E-state index contributed by atoms with van der Waals surface area (Å²) in [5.41, 5.74) is -1.19. The van der Waals surface area contributed by atoms with Gasteiger partial charge in [0.05, 0.1) is 0 Å². The van der Waals surface area contributed by atoms with Crippen LogP contribution in [-0.4, -0.2) is 42.1 Å². The number of allylic oxidation sites excluding steroid dienone is 1. The molecular formula is C17H25N3O6S. The van der Waals surface area contributed by atoms with E-state index in [1.165, 1.54) is 13.8 Å². The molecule has 0 spiro atoms. The molecule has 1 fully saturated rings. The second-order valence-corrected chi connectivity index (χ2v) is 8.40. The number of carboxylic acids is 1. The smallest absolute Gasteiger partial charge is 0.326 e. The van der Waals surface area contributed by atoms with E-state index in [9.17, 15) is 23.1 Å². The molecule has 1 unspecified atom stereocenters. The predicted octanol–water partition coefficient (Wildman–Crippen LogP) is 1.42. The van der Waals surface area contributed by atoms with E-state index in [1.807, 2.05) is 0 Å². The number of aromatic nitrogens is 1. The van der Waals surface area contributed by atoms with Crippen LogP contribution >= 0.6 is 0 Å². The summed E-state index contributed by atoms with van der Waals surface area (Å²) in [6.45, 7) is 6.52. The fourth-order valence-corrected chi connectivity index (χ4v) is 5.11. The van der Waals surface area contributed by atoms with Gasteiger partial charge in [-0.1, -0.05) is 24.1 Å². The first-order chi connectivity index (χ1) is 12.6. The van der Waals surface area contributed by atoms with Gasteiger partial charge in [0.1, 0.15) is 22.2 Å². The lowest BCUT2D eigenvalue weighted by Crippen LogP contribution is -2.59. The maximum absolute atomic E-state index is 12.9. The van der Waals surface area contributed by atoms with Gasteiger partial charge >= 0.3 is 5.97 Å². The largest absolute Gasteiger partial charge is 0.480 e. The van der Waals surface area contributed by atoms with Crippen molar-refractivity contribution in [3.05, 3.63) is 24.1 Å². The van der Waals surface area contributed by atoms with Crippen LogP contribution in [0.15, 0.2) is 22.1 Å². The molecule has 1 saturated carbocycles. The van der Waals surface area contributed by atoms with Gasteiger partial charge in [-0.3, -0.25) is 4.79 Å². The molecule has 1 aromatic heterocycles. The molecule has 0 aliphatic heterocycles. The molecule has 0 saturated heterocycles. The molecule has 150 valence electrons. The molecule has 3 N–H and O–H groups in total. The Hall–Kier alpha value is -2.20. The minimum atomic E-state index is -4.07. The maximum Gasteiger partial charge on any atom is 0.326 e. The first-order valence-corrected chi connectivity index (χ1v) is 10.2. The molecular weight excluding hydrogens is 374 g/mol. The van der Waals surface area contributed by atoms with E-state index in [1.54, 1.807) is 6.08 Å². The van der Waals surface area contributed by atoms with Crippen molar-refractivity contribution in [1.29, 1.82) is 0 Å². The highest BCUT2D eigenvalue weighted by molar-refractivity contribution is 7.89. The third-order valence-corrected chi connectivity index (χ3v) is 6.50. The van der Waals surface area contributed by atoms with E-state index in [0.717, 1.165) is 0 Å². The van der Waals surface area contributed by atoms with E-state index in [4.69, 9.17) is 4.52 Å². The van der Waals surface area contributed by atoms with Crippen molar-refractivity contribution in [3.63, 3.8) is 0 Å². The van der Waals surface area contributed by atoms with Crippen molar-refractivity contribution in [2.45, 2.75) is 68.8 Å². The summed E-state index contributed by atoms with van der Waals surface area (Å²) >= 11 is 0. The normalized spacial score (nSPS) is 17.4. The number of carboxylic acid groups (broad SMARTS) is 1. The lowest BCUT2D eigenvalue weighted by Gasteiger charge is -2.30. The molecule has 0 radical (unpaired) electrons. The van der Waals surface area contributed by atoms with Crippen LogP contribution in [0.3, 0.4) is 0 Å². The van der Waals surface area contributed by atoms with Gasteiger partial charge < -0.3 is 14.9 Å². The highest BCUT2D eigenvalue weighted by Gasteiger charge is 2.46. The molecule has 27 heavy (non-hydrogen) atoms. The Morgan fingerprint density at radius 2 is 2.00 bits per heavy atom. The topological polar surface area (TPSA) is 139 Å². The van der Waals surface area contributed by atoms with E-state index in [-0.39, 0.29) is 35.6 Å². The van der Waals surface area contributed by atoms with E-state index in [2.05, 4.69) is 21.8 Å². The molecule has 0 aromatic carbocycles. The number of aryl methyl sites for hydroxylation is 2. The van der Waals surface area contributed by atoms with Gasteiger partial charge in [0.15, 0.2) is 5.76 Å². The van der Waals surface area contributed by atoms with Crippen molar-refractivity contribution >= 4 is 21.9 Å². The molecule has 2 rings (SSSR count). The fourth-order valence-electron chi connectivity index (χ4n) is 3.36. The van der Waals surface area contributed by atoms with Crippen molar-refractivity contribution in [1.82, 2.24) is 15.2 Å². The summed E-state index contributed by atoms with van der Waals surface area (Å²) in [5.74, 6) is -1.68. The standard InChI is InChI=1S/C17H25N3O6S/c1-4-5-8-13(15(21)22)18-16(23)17(9-6-7-10-17)20-27(24,25)14-11(2)19-26-12(14)3/h4,13,20H,1,5-10H2,2-3H3,(H,18,23)(H,21,22). The summed E-state index contributed by atoms with van der Waals surface area (Å²) in [6, 6.07) is -1.11. The van der Waals surface area contributed by atoms with Gasteiger partial charge in [0.2, 0.25) is 15.9 Å². The molecule has 1 aliphatic rings. The molecule has 1 amide bonds. The molecule has 10 heteroatoms. The van der Waals surface area contributed by atoms with Gasteiger partial charge in [0, 0.05) is 0 Å². The Bertz CT molecular complexity index is 804. The number of rotatable bonds is 9. The zero-order valence-corrected chi connectivity index (χ0v) is 16.3. The average molecular weight is 399 g/mol. The number of sulfonamides is 1. The number of aliphatic carboxylic acids is 1. The molecule has 1 aliphatic carbocycles. The van der Waals surface area contributed by atoms with Crippen molar-refractivity contribution in [3.8, 4) is 0 Å². The first kappa shape index (κ1) is 21.1. The van der Waals surface area contributed by atoms with Crippen molar-refractivity contribution in [2.75, 3.05) is 0 Å². The Morgan fingerprint density at radius 3 is 2.48 bits per heavy atom. The van der Waals surface area contributed by atoms with Crippen molar-refractivity contribution in [2.24, 2.45) is 0 Å². The fraction of sp³-hybridized carbons (Fsp3) is 0.588. The maximum atomic E-state index is 12.9. The SMILES string of the molecule is C=CCCC(NC(=O)C1(NS(=O)(=O)c2c(C)noc2C)CCCC1)C(=O)O. The van der Waals surface area contributed by atoms with E-state index >= 15 is 0 Å². The highest BCUT2D eigenvalue weighted by atomic mass is 32.2. The number of amides is 1. The van der Waals surface area contributed by atoms with Crippen molar-refractivity contribution < 1.29 is 27.6 Å². The summed E-state index contributed by atoms with van der Waals surface area (Å²) in [4.78, 5) is 24.2. The van der Waals surface area contributed by atoms with Crippen LogP contribution in [-0.2, 0) is 19.6 Å². The molecule has 9 nitrogen and oxygen atoms in total. The summed E-state index contributed by atoms with van der Waals surface area (Å²) in [5, 5.41) is 15.4. The van der Waals surface area contributed by atoms with Crippen LogP contribution < -0.4 is 10.0 Å².